The summed E-state index contributed by atoms with van der Waals surface area (Å²) < 4.78 is 23.6. The molecule has 7 heteroatoms. The van der Waals surface area contributed by atoms with E-state index in [-0.39, 0.29) is 5.82 Å². The van der Waals surface area contributed by atoms with E-state index >= 15 is 0 Å². The lowest BCUT2D eigenvalue weighted by atomic mass is 9.94. The fourth-order valence-corrected chi connectivity index (χ4v) is 3.57. The SMILES string of the molecule is [O-][n+]1onc(CN2CC[C@@H]3OCC[C@@H]3C2)c1-c1ccc(F)cc1. The first-order valence-electron chi connectivity index (χ1n) is 7.89. The van der Waals surface area contributed by atoms with Crippen molar-refractivity contribution in [2.75, 3.05) is 19.7 Å². The number of hydrogen-bond donors (Lipinski definition) is 0. The van der Waals surface area contributed by atoms with Gasteiger partial charge in [0.25, 0.3) is 0 Å². The maximum Gasteiger partial charge on any atom is 0.240 e. The van der Waals surface area contributed by atoms with Crippen LogP contribution in [0.15, 0.2) is 28.9 Å². The molecule has 1 aromatic heterocycles. The van der Waals surface area contributed by atoms with Crippen LogP contribution in [0.25, 0.3) is 11.3 Å². The van der Waals surface area contributed by atoms with Crippen molar-refractivity contribution in [1.29, 1.82) is 0 Å². The van der Waals surface area contributed by atoms with Gasteiger partial charge >= 0.3 is 0 Å². The summed E-state index contributed by atoms with van der Waals surface area (Å²) in [5, 5.41) is 15.8. The van der Waals surface area contributed by atoms with E-state index in [1.807, 2.05) is 0 Å². The summed E-state index contributed by atoms with van der Waals surface area (Å²) in [4.78, 5) is 2.68. The minimum atomic E-state index is -0.340. The zero-order valence-electron chi connectivity index (χ0n) is 12.7. The molecular formula is C16H18FN3O3. The zero-order chi connectivity index (χ0) is 15.8. The third-order valence-corrected chi connectivity index (χ3v) is 4.74. The van der Waals surface area contributed by atoms with E-state index in [1.165, 1.54) is 12.1 Å². The van der Waals surface area contributed by atoms with Crippen LogP contribution in [0.2, 0.25) is 0 Å². The van der Waals surface area contributed by atoms with Gasteiger partial charge in [-0.15, -0.1) is 0 Å². The second-order valence-corrected chi connectivity index (χ2v) is 6.21. The number of piperidine rings is 1. The first-order chi connectivity index (χ1) is 11.2. The Balaban J connectivity index is 1.54. The van der Waals surface area contributed by atoms with Gasteiger partial charge in [-0.05, 0) is 42.0 Å². The minimum Gasteiger partial charge on any atom is -0.378 e. The Morgan fingerprint density at radius 3 is 2.96 bits per heavy atom. The van der Waals surface area contributed by atoms with Crippen molar-refractivity contribution in [2.45, 2.75) is 25.5 Å². The first-order valence-corrected chi connectivity index (χ1v) is 7.89. The molecule has 2 aromatic rings. The number of benzene rings is 1. The van der Waals surface area contributed by atoms with Crippen LogP contribution in [0.1, 0.15) is 18.5 Å². The maximum atomic E-state index is 13.1. The highest BCUT2D eigenvalue weighted by Crippen LogP contribution is 2.30. The summed E-state index contributed by atoms with van der Waals surface area (Å²) in [6.45, 7) is 3.25. The predicted octanol–water partition coefficient (Wildman–Crippen LogP) is 1.72. The molecule has 0 N–H and O–H groups in total. The van der Waals surface area contributed by atoms with E-state index < -0.39 is 0 Å². The van der Waals surface area contributed by atoms with Crippen LogP contribution in [0, 0.1) is 16.9 Å². The van der Waals surface area contributed by atoms with Gasteiger partial charge in [-0.3, -0.25) is 9.53 Å². The lowest BCUT2D eigenvalue weighted by Crippen LogP contribution is -2.41. The van der Waals surface area contributed by atoms with Crippen LogP contribution in [0.5, 0.6) is 0 Å². The highest BCUT2D eigenvalue weighted by atomic mass is 19.1. The Morgan fingerprint density at radius 1 is 1.30 bits per heavy atom. The maximum absolute atomic E-state index is 13.1. The Morgan fingerprint density at radius 2 is 2.13 bits per heavy atom. The van der Waals surface area contributed by atoms with Crippen molar-refractivity contribution in [3.05, 3.63) is 41.0 Å². The molecule has 6 nitrogen and oxygen atoms in total. The molecule has 2 fully saturated rings. The van der Waals surface area contributed by atoms with Gasteiger partial charge in [-0.25, -0.2) is 4.39 Å². The first kappa shape index (κ1) is 14.6. The van der Waals surface area contributed by atoms with Crippen molar-refractivity contribution in [3.8, 4) is 11.3 Å². The van der Waals surface area contributed by atoms with Crippen molar-refractivity contribution in [2.24, 2.45) is 5.92 Å². The molecule has 0 unspecified atom stereocenters. The van der Waals surface area contributed by atoms with Crippen LogP contribution in [-0.4, -0.2) is 35.9 Å². The monoisotopic (exact) mass is 319 g/mol. The second-order valence-electron chi connectivity index (χ2n) is 6.21. The molecule has 0 saturated carbocycles. The van der Waals surface area contributed by atoms with E-state index in [4.69, 9.17) is 9.37 Å². The molecule has 4 rings (SSSR count). The number of nitrogens with zero attached hydrogens (tertiary/aromatic N) is 3. The fraction of sp³-hybridized carbons (Fsp3) is 0.500. The molecule has 0 amide bonds. The van der Waals surface area contributed by atoms with Crippen LogP contribution in [0.3, 0.4) is 0 Å². The fourth-order valence-electron chi connectivity index (χ4n) is 3.57. The van der Waals surface area contributed by atoms with Gasteiger partial charge in [-0.2, -0.15) is 0 Å². The topological polar surface area (TPSA) is 65.4 Å². The Kier molecular flexibility index (Phi) is 3.74. The molecule has 122 valence electrons. The summed E-state index contributed by atoms with van der Waals surface area (Å²) >= 11 is 0. The van der Waals surface area contributed by atoms with Gasteiger partial charge < -0.3 is 9.94 Å². The van der Waals surface area contributed by atoms with Crippen molar-refractivity contribution < 1.29 is 18.7 Å². The normalized spacial score (nSPS) is 24.7. The Bertz CT molecular complexity index is 688. The molecule has 0 aliphatic carbocycles. The molecule has 1 aromatic carbocycles. The molecule has 0 radical (unpaired) electrons. The average Bonchev–Trinajstić information content (AvgIpc) is 3.15. The quantitative estimate of drug-likeness (QED) is 0.806. The van der Waals surface area contributed by atoms with Crippen molar-refractivity contribution >= 4 is 0 Å². The number of hydrogen-bond acceptors (Lipinski definition) is 5. The minimum absolute atomic E-state index is 0.340. The van der Waals surface area contributed by atoms with Gasteiger partial charge in [0.2, 0.25) is 11.4 Å². The number of ether oxygens (including phenoxy) is 1. The molecule has 23 heavy (non-hydrogen) atoms. The van der Waals surface area contributed by atoms with E-state index in [2.05, 4.69) is 10.1 Å². The number of fused-ring (bicyclic) bond motifs is 1. The molecule has 2 atom stereocenters. The van der Waals surface area contributed by atoms with Crippen LogP contribution >= 0.6 is 0 Å². The number of halogens is 1. The van der Waals surface area contributed by atoms with Crippen molar-refractivity contribution in [3.63, 3.8) is 0 Å². The second kappa shape index (κ2) is 5.90. The molecule has 3 heterocycles. The lowest BCUT2D eigenvalue weighted by Gasteiger charge is -2.33. The summed E-state index contributed by atoms with van der Waals surface area (Å²) in [6.07, 6.45) is 2.47. The highest BCUT2D eigenvalue weighted by molar-refractivity contribution is 5.58. The molecule has 0 spiro atoms. The van der Waals surface area contributed by atoms with Crippen molar-refractivity contribution in [1.82, 2.24) is 10.1 Å². The molecule has 2 aliphatic rings. The Labute approximate surface area is 133 Å². The molecule has 2 saturated heterocycles. The summed E-state index contributed by atoms with van der Waals surface area (Å²) in [6, 6.07) is 5.79. The number of likely N-dealkylation sites (tertiary alicyclic amines) is 1. The largest absolute Gasteiger partial charge is 0.378 e. The standard InChI is InChI=1S/C16H18FN3O3/c17-13-3-1-11(2-4-13)16-14(18-23-20(16)21)10-19-7-5-15-12(9-19)6-8-22-15/h1-4,12,15H,5-10H2/t12-,15+/m1/s1. The molecule has 2 aliphatic heterocycles. The number of rotatable bonds is 3. The van der Waals surface area contributed by atoms with Crippen LogP contribution < -0.4 is 4.90 Å². The van der Waals surface area contributed by atoms with Gasteiger partial charge in [0.1, 0.15) is 5.82 Å². The lowest BCUT2D eigenvalue weighted by molar-refractivity contribution is -0.793. The smallest absolute Gasteiger partial charge is 0.240 e. The Hall–Kier alpha value is -1.99. The van der Waals surface area contributed by atoms with E-state index in [0.29, 0.717) is 40.4 Å². The van der Waals surface area contributed by atoms with Gasteiger partial charge in [0, 0.05) is 36.3 Å². The highest BCUT2D eigenvalue weighted by Gasteiger charge is 2.35. The third-order valence-electron chi connectivity index (χ3n) is 4.74. The van der Waals surface area contributed by atoms with E-state index in [0.717, 1.165) is 32.5 Å². The molecular weight excluding hydrogens is 301 g/mol. The average molecular weight is 319 g/mol. The van der Waals surface area contributed by atoms with Crippen LogP contribution in [-0.2, 0) is 11.3 Å². The van der Waals surface area contributed by atoms with Gasteiger partial charge in [0.05, 0.1) is 12.6 Å². The van der Waals surface area contributed by atoms with Crippen LogP contribution in [0.4, 0.5) is 4.39 Å². The summed E-state index contributed by atoms with van der Waals surface area (Å²) in [5.74, 6) is 0.219. The summed E-state index contributed by atoms with van der Waals surface area (Å²) in [7, 11) is 0. The van der Waals surface area contributed by atoms with Gasteiger partial charge in [0.15, 0.2) is 0 Å². The van der Waals surface area contributed by atoms with E-state index in [1.54, 1.807) is 12.1 Å². The van der Waals surface area contributed by atoms with Gasteiger partial charge in [-0.1, -0.05) is 0 Å². The molecule has 0 bridgehead atoms. The summed E-state index contributed by atoms with van der Waals surface area (Å²) in [5.41, 5.74) is 1.55. The number of aromatic nitrogens is 2. The third kappa shape index (κ3) is 2.82. The zero-order valence-corrected chi connectivity index (χ0v) is 12.7. The van der Waals surface area contributed by atoms with E-state index in [9.17, 15) is 9.60 Å². The predicted molar refractivity (Wildman–Crippen MR) is 78.6 cm³/mol.